The van der Waals surface area contributed by atoms with Crippen molar-refractivity contribution in [2.45, 2.75) is 52.6 Å². The summed E-state index contributed by atoms with van der Waals surface area (Å²) in [6, 6.07) is 10.4. The Morgan fingerprint density at radius 2 is 2.00 bits per heavy atom. The summed E-state index contributed by atoms with van der Waals surface area (Å²) in [6.07, 6.45) is 6.26. The second-order valence-corrected chi connectivity index (χ2v) is 5.71. The highest BCUT2D eigenvalue weighted by Gasteiger charge is 2.26. The van der Waals surface area contributed by atoms with E-state index in [-0.39, 0.29) is 12.1 Å². The number of ether oxygens (including phenoxy) is 1. The molecule has 0 saturated carbocycles. The summed E-state index contributed by atoms with van der Waals surface area (Å²) in [5, 5.41) is 0. The first-order valence-corrected chi connectivity index (χ1v) is 7.92. The highest BCUT2D eigenvalue weighted by molar-refractivity contribution is 5.66. The van der Waals surface area contributed by atoms with Crippen LogP contribution in [0.3, 0.4) is 0 Å². The average molecular weight is 288 g/mol. The summed E-state index contributed by atoms with van der Waals surface area (Å²) in [5.74, 6) is 0.450. The van der Waals surface area contributed by atoms with Gasteiger partial charge in [0.25, 0.3) is 0 Å². The SMILES string of the molecule is C=C[C@H](Cc1ccccc1)[C@@H](CCCC)C(C)OC(C)=O. The molecule has 2 heteroatoms. The fourth-order valence-electron chi connectivity index (χ4n) is 2.88. The minimum Gasteiger partial charge on any atom is -0.463 e. The van der Waals surface area contributed by atoms with Crippen LogP contribution >= 0.6 is 0 Å². The molecule has 116 valence electrons. The van der Waals surface area contributed by atoms with E-state index in [0.29, 0.717) is 11.8 Å². The van der Waals surface area contributed by atoms with E-state index < -0.39 is 0 Å². The molecule has 0 bridgehead atoms. The number of hydrogen-bond acceptors (Lipinski definition) is 2. The average Bonchev–Trinajstić information content (AvgIpc) is 2.46. The molecule has 0 radical (unpaired) electrons. The predicted molar refractivity (Wildman–Crippen MR) is 88.1 cm³/mol. The normalized spacial score (nSPS) is 15.0. The molecular weight excluding hydrogens is 260 g/mol. The molecule has 0 aliphatic heterocycles. The van der Waals surface area contributed by atoms with E-state index in [1.807, 2.05) is 19.1 Å². The van der Waals surface area contributed by atoms with Gasteiger partial charge in [-0.1, -0.05) is 56.2 Å². The van der Waals surface area contributed by atoms with Gasteiger partial charge in [-0.05, 0) is 31.2 Å². The van der Waals surface area contributed by atoms with Crippen LogP contribution < -0.4 is 0 Å². The lowest BCUT2D eigenvalue weighted by molar-refractivity contribution is -0.148. The molecule has 3 atom stereocenters. The molecule has 0 aliphatic rings. The number of carbonyl (C=O) groups is 1. The van der Waals surface area contributed by atoms with Crippen molar-refractivity contribution in [3.05, 3.63) is 48.6 Å². The summed E-state index contributed by atoms with van der Waals surface area (Å²) in [4.78, 5) is 11.3. The van der Waals surface area contributed by atoms with Crippen LogP contribution in [-0.2, 0) is 16.0 Å². The van der Waals surface area contributed by atoms with E-state index in [0.717, 1.165) is 25.7 Å². The Kier molecular flexibility index (Phi) is 7.81. The predicted octanol–water partition coefficient (Wildman–Crippen LogP) is 4.79. The van der Waals surface area contributed by atoms with Crippen molar-refractivity contribution in [1.29, 1.82) is 0 Å². The lowest BCUT2D eigenvalue weighted by atomic mass is 9.80. The molecular formula is C19H28O2. The number of carbonyl (C=O) groups excluding carboxylic acids is 1. The highest BCUT2D eigenvalue weighted by atomic mass is 16.5. The van der Waals surface area contributed by atoms with Crippen LogP contribution in [-0.4, -0.2) is 12.1 Å². The maximum absolute atomic E-state index is 11.3. The Morgan fingerprint density at radius 1 is 1.33 bits per heavy atom. The molecule has 1 aromatic rings. The standard InChI is InChI=1S/C19H28O2/c1-5-7-13-19(15(3)21-16(4)20)18(6-2)14-17-11-9-8-10-12-17/h6,8-12,15,18-19H,2,5,7,13-14H2,1,3-4H3/t15?,18-,19+/m1/s1. The Labute approximate surface area is 129 Å². The van der Waals surface area contributed by atoms with Gasteiger partial charge in [0.05, 0.1) is 0 Å². The van der Waals surface area contributed by atoms with Crippen LogP contribution in [0.2, 0.25) is 0 Å². The molecule has 0 heterocycles. The van der Waals surface area contributed by atoms with Crippen LogP contribution in [0.1, 0.15) is 45.6 Å². The second kappa shape index (κ2) is 9.38. The molecule has 0 aromatic heterocycles. The van der Waals surface area contributed by atoms with Crippen LogP contribution in [0.15, 0.2) is 43.0 Å². The third-order valence-electron chi connectivity index (χ3n) is 4.01. The summed E-state index contributed by atoms with van der Waals surface area (Å²) in [7, 11) is 0. The Morgan fingerprint density at radius 3 is 2.52 bits per heavy atom. The maximum atomic E-state index is 11.3. The zero-order valence-electron chi connectivity index (χ0n) is 13.5. The van der Waals surface area contributed by atoms with Gasteiger partial charge in [-0.15, -0.1) is 6.58 Å². The van der Waals surface area contributed by atoms with Crippen LogP contribution in [0.25, 0.3) is 0 Å². The molecule has 0 aliphatic carbocycles. The monoisotopic (exact) mass is 288 g/mol. The number of unbranched alkanes of at least 4 members (excludes halogenated alkanes) is 1. The van der Waals surface area contributed by atoms with E-state index in [2.05, 4.69) is 37.8 Å². The first-order valence-electron chi connectivity index (χ1n) is 7.92. The van der Waals surface area contributed by atoms with E-state index in [9.17, 15) is 4.79 Å². The number of rotatable bonds is 9. The molecule has 0 fully saturated rings. The summed E-state index contributed by atoms with van der Waals surface area (Å²) in [6.45, 7) is 9.68. The molecule has 21 heavy (non-hydrogen) atoms. The third kappa shape index (κ3) is 6.16. The van der Waals surface area contributed by atoms with Crippen molar-refractivity contribution >= 4 is 5.97 Å². The largest absolute Gasteiger partial charge is 0.463 e. The van der Waals surface area contributed by atoms with Crippen molar-refractivity contribution in [3.8, 4) is 0 Å². The van der Waals surface area contributed by atoms with E-state index in [4.69, 9.17) is 4.74 Å². The minimum absolute atomic E-state index is 0.0687. The summed E-state index contributed by atoms with van der Waals surface area (Å²) >= 11 is 0. The topological polar surface area (TPSA) is 26.3 Å². The zero-order chi connectivity index (χ0) is 15.7. The zero-order valence-corrected chi connectivity index (χ0v) is 13.5. The highest BCUT2D eigenvalue weighted by Crippen LogP contribution is 2.28. The first kappa shape index (κ1) is 17.5. The fraction of sp³-hybridized carbons (Fsp3) is 0.526. The van der Waals surface area contributed by atoms with Crippen LogP contribution in [0, 0.1) is 11.8 Å². The van der Waals surface area contributed by atoms with Crippen molar-refractivity contribution in [2.75, 3.05) is 0 Å². The van der Waals surface area contributed by atoms with Gasteiger partial charge in [0.2, 0.25) is 0 Å². The molecule has 0 amide bonds. The maximum Gasteiger partial charge on any atom is 0.302 e. The quantitative estimate of drug-likeness (QED) is 0.482. The third-order valence-corrected chi connectivity index (χ3v) is 4.01. The molecule has 1 rings (SSSR count). The lowest BCUT2D eigenvalue weighted by Gasteiger charge is -2.30. The first-order chi connectivity index (χ1) is 10.1. The smallest absolute Gasteiger partial charge is 0.302 e. The fourth-order valence-corrected chi connectivity index (χ4v) is 2.88. The van der Waals surface area contributed by atoms with Crippen LogP contribution in [0.4, 0.5) is 0 Å². The molecule has 1 unspecified atom stereocenters. The van der Waals surface area contributed by atoms with Gasteiger partial charge in [0.15, 0.2) is 0 Å². The number of allylic oxidation sites excluding steroid dienone is 1. The van der Waals surface area contributed by atoms with E-state index >= 15 is 0 Å². The molecule has 0 spiro atoms. The van der Waals surface area contributed by atoms with E-state index in [1.54, 1.807) is 0 Å². The molecule has 0 saturated heterocycles. The Hall–Kier alpha value is -1.57. The Bertz CT molecular complexity index is 424. The lowest BCUT2D eigenvalue weighted by Crippen LogP contribution is -2.30. The van der Waals surface area contributed by atoms with Crippen molar-refractivity contribution < 1.29 is 9.53 Å². The van der Waals surface area contributed by atoms with Gasteiger partial charge in [0, 0.05) is 12.8 Å². The van der Waals surface area contributed by atoms with E-state index in [1.165, 1.54) is 12.5 Å². The van der Waals surface area contributed by atoms with Crippen molar-refractivity contribution in [3.63, 3.8) is 0 Å². The van der Waals surface area contributed by atoms with Gasteiger partial charge >= 0.3 is 5.97 Å². The van der Waals surface area contributed by atoms with Crippen molar-refractivity contribution in [1.82, 2.24) is 0 Å². The number of benzene rings is 1. The van der Waals surface area contributed by atoms with Crippen LogP contribution in [0.5, 0.6) is 0 Å². The van der Waals surface area contributed by atoms with Gasteiger partial charge in [-0.3, -0.25) is 4.79 Å². The summed E-state index contributed by atoms with van der Waals surface area (Å²) in [5.41, 5.74) is 1.30. The minimum atomic E-state index is -0.202. The molecule has 2 nitrogen and oxygen atoms in total. The van der Waals surface area contributed by atoms with Gasteiger partial charge in [-0.2, -0.15) is 0 Å². The molecule has 0 N–H and O–H groups in total. The Balaban J connectivity index is 2.81. The van der Waals surface area contributed by atoms with Crippen molar-refractivity contribution in [2.24, 2.45) is 11.8 Å². The number of hydrogen-bond donors (Lipinski definition) is 0. The van der Waals surface area contributed by atoms with Gasteiger partial charge in [-0.25, -0.2) is 0 Å². The molecule has 1 aromatic carbocycles. The second-order valence-electron chi connectivity index (χ2n) is 5.71. The van der Waals surface area contributed by atoms with Gasteiger partial charge in [0.1, 0.15) is 6.10 Å². The number of esters is 1. The van der Waals surface area contributed by atoms with Gasteiger partial charge < -0.3 is 4.74 Å². The summed E-state index contributed by atoms with van der Waals surface area (Å²) < 4.78 is 5.44.